The van der Waals surface area contributed by atoms with Crippen LogP contribution in [-0.4, -0.2) is 47.5 Å². The van der Waals surface area contributed by atoms with E-state index in [2.05, 4.69) is 24.9 Å². The van der Waals surface area contributed by atoms with Crippen molar-refractivity contribution in [2.24, 2.45) is 5.92 Å². The summed E-state index contributed by atoms with van der Waals surface area (Å²) in [4.78, 5) is 6.92. The molecule has 1 aliphatic heterocycles. The smallest absolute Gasteiger partial charge is 0.242 e. The van der Waals surface area contributed by atoms with E-state index in [0.717, 1.165) is 64.0 Å². The number of piperidine rings is 1. The summed E-state index contributed by atoms with van der Waals surface area (Å²) in [5.41, 5.74) is 0. The van der Waals surface area contributed by atoms with Gasteiger partial charge in [0, 0.05) is 38.1 Å². The van der Waals surface area contributed by atoms with Gasteiger partial charge in [-0.1, -0.05) is 18.1 Å². The molecule has 0 spiro atoms. The Morgan fingerprint density at radius 3 is 2.70 bits per heavy atom. The summed E-state index contributed by atoms with van der Waals surface area (Å²) in [5, 5.41) is 7.91. The van der Waals surface area contributed by atoms with Crippen LogP contribution in [0, 0.1) is 5.92 Å². The minimum Gasteiger partial charge on any atom is -0.356 e. The molecule has 2 aromatic heterocycles. The van der Waals surface area contributed by atoms with Crippen molar-refractivity contribution in [3.63, 3.8) is 0 Å². The molecule has 3 heterocycles. The zero-order valence-electron chi connectivity index (χ0n) is 15.4. The second-order valence-corrected chi connectivity index (χ2v) is 9.25. The van der Waals surface area contributed by atoms with Crippen molar-refractivity contribution in [2.75, 3.05) is 18.0 Å². The van der Waals surface area contributed by atoms with E-state index in [1.165, 1.54) is 6.20 Å². The molecule has 2 fully saturated rings. The van der Waals surface area contributed by atoms with Crippen molar-refractivity contribution in [3.8, 4) is 0 Å². The Kier molecular flexibility index (Phi) is 5.40. The van der Waals surface area contributed by atoms with Crippen LogP contribution in [0.2, 0.25) is 0 Å². The maximum atomic E-state index is 12.5. The maximum Gasteiger partial charge on any atom is 0.242 e. The Hall–Kier alpha value is -2.00. The highest BCUT2D eigenvalue weighted by atomic mass is 32.2. The molecule has 2 aliphatic rings. The third-order valence-corrected chi connectivity index (χ3v) is 6.97. The number of rotatable bonds is 6. The first-order chi connectivity index (χ1) is 13.1. The zero-order chi connectivity index (χ0) is 18.7. The topological polar surface area (TPSA) is 93.0 Å². The van der Waals surface area contributed by atoms with Crippen LogP contribution in [0.25, 0.3) is 0 Å². The first-order valence-corrected chi connectivity index (χ1v) is 11.2. The molecule has 4 rings (SSSR count). The Morgan fingerprint density at radius 1 is 1.15 bits per heavy atom. The molecule has 0 bridgehead atoms. The SMILES string of the molecule is O=S(=O)(NC1CCCC1)c1ccc(N2CCCC(Cn3ccnn3)C2)nc1. The van der Waals surface area contributed by atoms with Crippen LogP contribution >= 0.6 is 0 Å². The van der Waals surface area contributed by atoms with Gasteiger partial charge in [-0.15, -0.1) is 5.10 Å². The normalized spacial score (nSPS) is 21.6. The Morgan fingerprint density at radius 2 is 2.00 bits per heavy atom. The fraction of sp³-hybridized carbons (Fsp3) is 0.611. The monoisotopic (exact) mass is 390 g/mol. The van der Waals surface area contributed by atoms with E-state index in [1.807, 2.05) is 16.9 Å². The van der Waals surface area contributed by atoms with Crippen LogP contribution in [0.4, 0.5) is 5.82 Å². The summed E-state index contributed by atoms with van der Waals surface area (Å²) in [6.07, 6.45) is 11.3. The van der Waals surface area contributed by atoms with E-state index < -0.39 is 10.0 Å². The predicted octanol–water partition coefficient (Wildman–Crippen LogP) is 1.81. The van der Waals surface area contributed by atoms with Gasteiger partial charge in [-0.25, -0.2) is 18.1 Å². The van der Waals surface area contributed by atoms with Crippen LogP contribution in [0.15, 0.2) is 35.6 Å². The molecule has 8 nitrogen and oxygen atoms in total. The van der Waals surface area contributed by atoms with E-state index in [-0.39, 0.29) is 10.9 Å². The fourth-order valence-corrected chi connectivity index (χ4v) is 5.32. The zero-order valence-corrected chi connectivity index (χ0v) is 16.2. The number of hydrogen-bond donors (Lipinski definition) is 1. The summed E-state index contributed by atoms with van der Waals surface area (Å²) in [7, 11) is -3.49. The molecule has 1 aliphatic carbocycles. The Bertz CT molecular complexity index is 831. The number of hydrogen-bond acceptors (Lipinski definition) is 6. The number of aromatic nitrogens is 4. The number of nitrogens with zero attached hydrogens (tertiary/aromatic N) is 5. The summed E-state index contributed by atoms with van der Waals surface area (Å²) in [5.74, 6) is 1.31. The lowest BCUT2D eigenvalue weighted by Gasteiger charge is -2.33. The lowest BCUT2D eigenvalue weighted by molar-refractivity contribution is 0.347. The Balaban J connectivity index is 1.40. The molecule has 0 amide bonds. The highest BCUT2D eigenvalue weighted by Gasteiger charge is 2.25. The van der Waals surface area contributed by atoms with Crippen LogP contribution in [0.3, 0.4) is 0 Å². The van der Waals surface area contributed by atoms with E-state index in [0.29, 0.717) is 5.92 Å². The Labute approximate surface area is 160 Å². The molecule has 1 atom stereocenters. The maximum absolute atomic E-state index is 12.5. The molecule has 146 valence electrons. The number of anilines is 1. The number of nitrogens with one attached hydrogen (secondary N) is 1. The molecule has 2 aromatic rings. The van der Waals surface area contributed by atoms with Crippen LogP contribution in [0.1, 0.15) is 38.5 Å². The lowest BCUT2D eigenvalue weighted by Crippen LogP contribution is -2.37. The van der Waals surface area contributed by atoms with Crippen LogP contribution < -0.4 is 9.62 Å². The third kappa shape index (κ3) is 4.47. The molecule has 1 saturated heterocycles. The van der Waals surface area contributed by atoms with Gasteiger partial charge in [0.1, 0.15) is 10.7 Å². The largest absolute Gasteiger partial charge is 0.356 e. The second-order valence-electron chi connectivity index (χ2n) is 7.53. The van der Waals surface area contributed by atoms with Crippen molar-refractivity contribution in [1.29, 1.82) is 0 Å². The molecule has 27 heavy (non-hydrogen) atoms. The molecule has 1 N–H and O–H groups in total. The van der Waals surface area contributed by atoms with Gasteiger partial charge in [0.15, 0.2) is 0 Å². The van der Waals surface area contributed by atoms with Gasteiger partial charge in [-0.2, -0.15) is 0 Å². The van der Waals surface area contributed by atoms with E-state index >= 15 is 0 Å². The molecular weight excluding hydrogens is 364 g/mol. The number of pyridine rings is 1. The third-order valence-electron chi connectivity index (χ3n) is 5.47. The minimum absolute atomic E-state index is 0.0642. The molecular formula is C18H26N6O2S. The van der Waals surface area contributed by atoms with Gasteiger partial charge in [-0.05, 0) is 43.7 Å². The van der Waals surface area contributed by atoms with Gasteiger partial charge >= 0.3 is 0 Å². The second kappa shape index (κ2) is 7.93. The van der Waals surface area contributed by atoms with Crippen molar-refractivity contribution in [1.82, 2.24) is 24.7 Å². The van der Waals surface area contributed by atoms with E-state index in [9.17, 15) is 8.42 Å². The fourth-order valence-electron chi connectivity index (χ4n) is 4.07. The summed E-state index contributed by atoms with van der Waals surface area (Å²) in [6, 6.07) is 3.55. The summed E-state index contributed by atoms with van der Waals surface area (Å²) in [6.45, 7) is 2.67. The summed E-state index contributed by atoms with van der Waals surface area (Å²) >= 11 is 0. The van der Waals surface area contributed by atoms with Crippen molar-refractivity contribution in [2.45, 2.75) is 56.0 Å². The quantitative estimate of drug-likeness (QED) is 0.809. The minimum atomic E-state index is -3.49. The van der Waals surface area contributed by atoms with Gasteiger partial charge < -0.3 is 4.90 Å². The van der Waals surface area contributed by atoms with Gasteiger partial charge in [0.25, 0.3) is 0 Å². The highest BCUT2D eigenvalue weighted by molar-refractivity contribution is 7.89. The van der Waals surface area contributed by atoms with Crippen molar-refractivity contribution < 1.29 is 8.42 Å². The van der Waals surface area contributed by atoms with Crippen LogP contribution in [0.5, 0.6) is 0 Å². The molecule has 9 heteroatoms. The van der Waals surface area contributed by atoms with Crippen molar-refractivity contribution >= 4 is 15.8 Å². The highest BCUT2D eigenvalue weighted by Crippen LogP contribution is 2.24. The number of sulfonamides is 1. The van der Waals surface area contributed by atoms with Gasteiger partial charge in [-0.3, -0.25) is 4.68 Å². The van der Waals surface area contributed by atoms with E-state index in [1.54, 1.807) is 12.3 Å². The van der Waals surface area contributed by atoms with Gasteiger partial charge in [0.05, 0.1) is 6.20 Å². The molecule has 1 unspecified atom stereocenters. The van der Waals surface area contributed by atoms with Crippen LogP contribution in [-0.2, 0) is 16.6 Å². The predicted molar refractivity (Wildman–Crippen MR) is 102 cm³/mol. The first-order valence-electron chi connectivity index (χ1n) is 9.67. The van der Waals surface area contributed by atoms with E-state index in [4.69, 9.17) is 0 Å². The lowest BCUT2D eigenvalue weighted by atomic mass is 9.98. The van der Waals surface area contributed by atoms with Crippen molar-refractivity contribution in [3.05, 3.63) is 30.7 Å². The standard InChI is InChI=1S/C18H26N6O2S/c25-27(26,21-16-5-1-2-6-16)17-7-8-18(19-12-17)23-10-3-4-15(13-23)14-24-11-9-20-22-24/h7-9,11-12,15-16,21H,1-6,10,13-14H2. The molecule has 1 saturated carbocycles. The average molecular weight is 391 g/mol. The van der Waals surface area contributed by atoms with Gasteiger partial charge in [0.2, 0.25) is 10.0 Å². The first kappa shape index (κ1) is 18.4. The molecule has 0 aromatic carbocycles. The average Bonchev–Trinajstić information content (AvgIpc) is 3.36. The summed E-state index contributed by atoms with van der Waals surface area (Å²) < 4.78 is 29.7. The molecule has 0 radical (unpaired) electrons.